The maximum Gasteiger partial charge on any atom is 0.338 e. The average molecular weight is 585 g/mol. The molecular weight excluding hydrogens is 564 g/mol. The summed E-state index contributed by atoms with van der Waals surface area (Å²) in [4.78, 5) is 54.3. The van der Waals surface area contributed by atoms with E-state index in [-0.39, 0.29) is 11.1 Å². The second-order valence-corrected chi connectivity index (χ2v) is 9.94. The molecule has 0 saturated carbocycles. The minimum Gasteiger partial charge on any atom is -0.466 e. The Hall–Kier alpha value is -3.83. The predicted octanol–water partition coefficient (Wildman–Crippen LogP) is 3.02. The summed E-state index contributed by atoms with van der Waals surface area (Å²) in [5.41, 5.74) is 1.35. The highest BCUT2D eigenvalue weighted by molar-refractivity contribution is 9.10. The second-order valence-electron chi connectivity index (χ2n) is 8.01. The quantitative estimate of drug-likeness (QED) is 0.334. The summed E-state index contributed by atoms with van der Waals surface area (Å²) in [6.45, 7) is 4.27. The lowest BCUT2D eigenvalue weighted by Gasteiger charge is -2.24. The third-order valence-corrected chi connectivity index (χ3v) is 6.87. The highest BCUT2D eigenvalue weighted by Crippen LogP contribution is 2.31. The van der Waals surface area contributed by atoms with Crippen molar-refractivity contribution in [2.24, 2.45) is 4.99 Å². The predicted molar refractivity (Wildman–Crippen MR) is 139 cm³/mol. The van der Waals surface area contributed by atoms with E-state index in [0.29, 0.717) is 37.7 Å². The molecule has 190 valence electrons. The Bertz CT molecular complexity index is 1630. The fourth-order valence-electron chi connectivity index (χ4n) is 3.91. The molecule has 0 bridgehead atoms. The number of fused-ring (bicyclic) bond motifs is 1. The van der Waals surface area contributed by atoms with E-state index in [0.717, 1.165) is 15.8 Å². The lowest BCUT2D eigenvalue weighted by Crippen LogP contribution is -2.39. The first kappa shape index (κ1) is 26.2. The molecule has 1 aliphatic heterocycles. The van der Waals surface area contributed by atoms with Crippen LogP contribution in [0.2, 0.25) is 0 Å². The molecule has 0 N–H and O–H groups in total. The molecule has 0 fully saturated rings. The maximum absolute atomic E-state index is 13.7. The first-order valence-corrected chi connectivity index (χ1v) is 12.6. The van der Waals surface area contributed by atoms with Crippen molar-refractivity contribution in [3.63, 3.8) is 0 Å². The van der Waals surface area contributed by atoms with E-state index in [9.17, 15) is 19.2 Å². The van der Waals surface area contributed by atoms with Crippen molar-refractivity contribution in [3.8, 4) is 11.5 Å². The van der Waals surface area contributed by atoms with Crippen molar-refractivity contribution in [1.82, 2.24) is 4.57 Å². The number of esters is 3. The van der Waals surface area contributed by atoms with E-state index in [1.807, 2.05) is 0 Å². The highest BCUT2D eigenvalue weighted by atomic mass is 79.9. The minimum atomic E-state index is -0.826. The van der Waals surface area contributed by atoms with Gasteiger partial charge in [0.25, 0.3) is 5.56 Å². The lowest BCUT2D eigenvalue weighted by atomic mass is 9.96. The van der Waals surface area contributed by atoms with E-state index < -0.39 is 23.9 Å². The van der Waals surface area contributed by atoms with Crippen LogP contribution >= 0.6 is 27.3 Å². The molecule has 2 heterocycles. The molecule has 11 heteroatoms. The third-order valence-electron chi connectivity index (χ3n) is 5.40. The van der Waals surface area contributed by atoms with Crippen molar-refractivity contribution in [3.05, 3.63) is 89.0 Å². The number of hydrogen-bond donors (Lipinski definition) is 0. The molecule has 9 nitrogen and oxygen atoms in total. The Balaban J connectivity index is 1.92. The topological polar surface area (TPSA) is 113 Å². The molecule has 1 atom stereocenters. The SMILES string of the molecule is COC(=O)C1=C(C)N=c2s/c(=C\c3cc(Br)ccc3OC(C)=O)c(=O)n2[C@@H]1c1ccc(OC(C)=O)cc1. The van der Waals surface area contributed by atoms with Gasteiger partial charge in [0.1, 0.15) is 11.5 Å². The summed E-state index contributed by atoms with van der Waals surface area (Å²) in [6, 6.07) is 10.8. The molecule has 0 saturated heterocycles. The molecule has 4 rings (SSSR count). The van der Waals surface area contributed by atoms with Crippen LogP contribution < -0.4 is 24.4 Å². The Labute approximate surface area is 223 Å². The van der Waals surface area contributed by atoms with E-state index in [2.05, 4.69) is 20.9 Å². The summed E-state index contributed by atoms with van der Waals surface area (Å²) in [5.74, 6) is -0.947. The van der Waals surface area contributed by atoms with Gasteiger partial charge in [0, 0.05) is 23.9 Å². The van der Waals surface area contributed by atoms with E-state index in [1.165, 1.54) is 25.5 Å². The van der Waals surface area contributed by atoms with Crippen LogP contribution in [-0.4, -0.2) is 29.6 Å². The summed E-state index contributed by atoms with van der Waals surface area (Å²) in [5, 5.41) is 0. The van der Waals surface area contributed by atoms with Gasteiger partial charge in [-0.25, -0.2) is 9.79 Å². The number of carbonyl (C=O) groups excluding carboxylic acids is 3. The zero-order valence-corrected chi connectivity index (χ0v) is 22.6. The minimum absolute atomic E-state index is 0.213. The van der Waals surface area contributed by atoms with Gasteiger partial charge < -0.3 is 14.2 Å². The zero-order valence-electron chi connectivity index (χ0n) is 20.2. The molecule has 0 unspecified atom stereocenters. The fraction of sp³-hybridized carbons (Fsp3) is 0.192. The average Bonchev–Trinajstić information content (AvgIpc) is 3.13. The smallest absolute Gasteiger partial charge is 0.338 e. The number of aromatic nitrogens is 1. The number of hydrogen-bond acceptors (Lipinski definition) is 9. The van der Waals surface area contributed by atoms with Gasteiger partial charge in [0.2, 0.25) is 0 Å². The van der Waals surface area contributed by atoms with Crippen LogP contribution in [0, 0.1) is 0 Å². The van der Waals surface area contributed by atoms with E-state index in [4.69, 9.17) is 14.2 Å². The van der Waals surface area contributed by atoms with Gasteiger partial charge in [-0.2, -0.15) is 0 Å². The van der Waals surface area contributed by atoms with Crippen LogP contribution in [0.5, 0.6) is 11.5 Å². The monoisotopic (exact) mass is 584 g/mol. The molecule has 3 aromatic rings. The zero-order chi connectivity index (χ0) is 26.9. The summed E-state index contributed by atoms with van der Waals surface area (Å²) < 4.78 is 17.9. The molecule has 2 aromatic carbocycles. The van der Waals surface area contributed by atoms with Gasteiger partial charge in [-0.15, -0.1) is 0 Å². The molecule has 37 heavy (non-hydrogen) atoms. The van der Waals surface area contributed by atoms with Gasteiger partial charge in [0.05, 0.1) is 29.0 Å². The Morgan fingerprint density at radius 2 is 1.73 bits per heavy atom. The number of thiazole rings is 1. The first-order valence-electron chi connectivity index (χ1n) is 11.0. The molecule has 0 radical (unpaired) electrons. The number of rotatable bonds is 5. The molecular formula is C26H21BrN2O7S. The summed E-state index contributed by atoms with van der Waals surface area (Å²) in [6.07, 6.45) is 1.62. The van der Waals surface area contributed by atoms with E-state index in [1.54, 1.807) is 55.5 Å². The van der Waals surface area contributed by atoms with Crippen LogP contribution in [0.4, 0.5) is 0 Å². The van der Waals surface area contributed by atoms with Crippen molar-refractivity contribution in [2.75, 3.05) is 7.11 Å². The number of nitrogens with zero attached hydrogens (tertiary/aromatic N) is 2. The van der Waals surface area contributed by atoms with Crippen LogP contribution in [0.15, 0.2) is 68.0 Å². The number of methoxy groups -OCH3 is 1. The molecule has 0 amide bonds. The first-order chi connectivity index (χ1) is 17.6. The Kier molecular flexibility index (Phi) is 7.55. The summed E-state index contributed by atoms with van der Waals surface area (Å²) >= 11 is 4.55. The molecule has 0 spiro atoms. The van der Waals surface area contributed by atoms with Crippen LogP contribution in [-0.2, 0) is 19.1 Å². The normalized spacial score (nSPS) is 15.1. The molecule has 1 aromatic heterocycles. The summed E-state index contributed by atoms with van der Waals surface area (Å²) in [7, 11) is 1.26. The van der Waals surface area contributed by atoms with Crippen molar-refractivity contribution >= 4 is 51.3 Å². The highest BCUT2D eigenvalue weighted by Gasteiger charge is 2.33. The van der Waals surface area contributed by atoms with Crippen LogP contribution in [0.1, 0.15) is 37.9 Å². The number of halogens is 1. The maximum atomic E-state index is 13.7. The van der Waals surface area contributed by atoms with Gasteiger partial charge >= 0.3 is 17.9 Å². The fourth-order valence-corrected chi connectivity index (χ4v) is 5.33. The number of allylic oxidation sites excluding steroid dienone is 1. The van der Waals surface area contributed by atoms with Crippen LogP contribution in [0.3, 0.4) is 0 Å². The molecule has 1 aliphatic rings. The van der Waals surface area contributed by atoms with Gasteiger partial charge in [0.15, 0.2) is 4.80 Å². The van der Waals surface area contributed by atoms with Gasteiger partial charge in [-0.1, -0.05) is 39.4 Å². The number of carbonyl (C=O) groups is 3. The van der Waals surface area contributed by atoms with E-state index >= 15 is 0 Å². The van der Waals surface area contributed by atoms with Crippen molar-refractivity contribution in [1.29, 1.82) is 0 Å². The molecule has 0 aliphatic carbocycles. The standard InChI is InChI=1S/C26H21BrN2O7S/c1-13-22(25(33)34-4)23(16-5-8-19(9-6-16)35-14(2)30)29-24(32)21(37-26(29)28-13)12-17-11-18(27)7-10-20(17)36-15(3)31/h5-12,23H,1-4H3/b21-12-/t23-/m1/s1. The number of benzene rings is 2. The Morgan fingerprint density at radius 3 is 2.35 bits per heavy atom. The van der Waals surface area contributed by atoms with Crippen molar-refractivity contribution < 1.29 is 28.6 Å². The third kappa shape index (κ3) is 5.47. The van der Waals surface area contributed by atoms with Gasteiger partial charge in [-0.05, 0) is 48.9 Å². The lowest BCUT2D eigenvalue weighted by molar-refractivity contribution is -0.136. The van der Waals surface area contributed by atoms with Crippen molar-refractivity contribution in [2.45, 2.75) is 26.8 Å². The largest absolute Gasteiger partial charge is 0.466 e. The van der Waals surface area contributed by atoms with Crippen LogP contribution in [0.25, 0.3) is 6.08 Å². The number of ether oxygens (including phenoxy) is 3. The van der Waals surface area contributed by atoms with Gasteiger partial charge in [-0.3, -0.25) is 19.0 Å². The Morgan fingerprint density at radius 1 is 1.05 bits per heavy atom. The second kappa shape index (κ2) is 10.7.